The van der Waals surface area contributed by atoms with E-state index in [2.05, 4.69) is 104 Å². The lowest BCUT2D eigenvalue weighted by Crippen LogP contribution is -2.65. The zero-order valence-corrected chi connectivity index (χ0v) is 43.2. The van der Waals surface area contributed by atoms with E-state index >= 15 is 0 Å². The molecule has 9 N–H and O–H groups in total. The van der Waals surface area contributed by atoms with Crippen LogP contribution in [0, 0.1) is 0 Å². The Kier molecular flexibility index (Phi) is 38.1. The second kappa shape index (κ2) is 42.3. The van der Waals surface area contributed by atoms with Crippen molar-refractivity contribution in [2.75, 3.05) is 19.8 Å². The number of aliphatic hydroxyl groups excluding tert-OH is 8. The van der Waals surface area contributed by atoms with Gasteiger partial charge in [0.25, 0.3) is 0 Å². The Hall–Kier alpha value is -3.09. The zero-order chi connectivity index (χ0) is 51.7. The van der Waals surface area contributed by atoms with Crippen LogP contribution in [0.4, 0.5) is 0 Å². The van der Waals surface area contributed by atoms with Gasteiger partial charge in [0.1, 0.15) is 48.8 Å². The van der Waals surface area contributed by atoms with Crippen molar-refractivity contribution in [2.24, 2.45) is 0 Å². The van der Waals surface area contributed by atoms with Crippen molar-refractivity contribution in [3.8, 4) is 0 Å². The van der Waals surface area contributed by atoms with E-state index in [1.165, 1.54) is 32.1 Å². The Bertz CT molecular complexity index is 1560. The van der Waals surface area contributed by atoms with Crippen molar-refractivity contribution < 1.29 is 64.6 Å². The Labute approximate surface area is 426 Å². The summed E-state index contributed by atoms with van der Waals surface area (Å²) in [5, 5.41) is 86.7. The molecule has 2 heterocycles. The Morgan fingerprint density at radius 3 is 1.49 bits per heavy atom. The molecule has 2 aliphatic heterocycles. The van der Waals surface area contributed by atoms with Crippen LogP contribution in [-0.4, -0.2) is 140 Å². The number of unbranched alkanes of at least 4 members (excludes halogenated alkanes) is 13. The first-order chi connectivity index (χ1) is 34.6. The highest BCUT2D eigenvalue weighted by Gasteiger charge is 2.51. The van der Waals surface area contributed by atoms with Gasteiger partial charge in [-0.05, 0) is 77.0 Å². The molecular weight excluding hydrogens is 907 g/mol. The number of aliphatic hydroxyl groups is 8. The van der Waals surface area contributed by atoms with E-state index in [0.717, 1.165) is 103 Å². The van der Waals surface area contributed by atoms with Crippen LogP contribution in [-0.2, 0) is 23.7 Å². The van der Waals surface area contributed by atoms with Gasteiger partial charge in [-0.3, -0.25) is 4.79 Å². The topological polar surface area (TPSA) is 228 Å². The number of carbonyl (C=O) groups is 1. The fourth-order valence-electron chi connectivity index (χ4n) is 8.15. The molecule has 2 saturated heterocycles. The maximum absolute atomic E-state index is 13.2. The summed E-state index contributed by atoms with van der Waals surface area (Å²) in [5.74, 6) is -0.266. The smallest absolute Gasteiger partial charge is 0.220 e. The van der Waals surface area contributed by atoms with Crippen LogP contribution in [0.25, 0.3) is 0 Å². The number of rotatable bonds is 40. The van der Waals surface area contributed by atoms with Crippen molar-refractivity contribution >= 4 is 5.91 Å². The molecule has 0 aromatic rings. The van der Waals surface area contributed by atoms with Gasteiger partial charge in [-0.2, -0.15) is 0 Å². The number of ether oxygens (including phenoxy) is 4. The SMILES string of the molecule is CC/C=C\C/C=C\C/C=C\C/C=C\C/C=C\C/C=C\C/C=C\CCCCCCCC(=O)NC(COC1OC(CO)C(OC2OC(CO)C(O)C(O)C2O)C(O)C1O)C(O)/C=C/CCCCCCCCCC. The van der Waals surface area contributed by atoms with Crippen LogP contribution in [0.2, 0.25) is 0 Å². The average molecular weight is 1000 g/mol. The maximum atomic E-state index is 13.2. The first-order valence-corrected chi connectivity index (χ1v) is 27.0. The van der Waals surface area contributed by atoms with Crippen LogP contribution in [0.3, 0.4) is 0 Å². The van der Waals surface area contributed by atoms with E-state index in [1.54, 1.807) is 6.08 Å². The van der Waals surface area contributed by atoms with Crippen LogP contribution >= 0.6 is 0 Å². The van der Waals surface area contributed by atoms with Gasteiger partial charge in [0.15, 0.2) is 12.6 Å². The molecule has 0 radical (unpaired) electrons. The summed E-state index contributed by atoms with van der Waals surface area (Å²) in [6, 6.07) is -0.930. The first kappa shape index (κ1) is 64.0. The molecule has 12 atom stereocenters. The summed E-state index contributed by atoms with van der Waals surface area (Å²) in [4.78, 5) is 13.2. The second-order valence-electron chi connectivity index (χ2n) is 18.6. The molecule has 0 bridgehead atoms. The van der Waals surface area contributed by atoms with Crippen LogP contribution in [0.1, 0.15) is 162 Å². The summed E-state index contributed by atoms with van der Waals surface area (Å²) in [5.41, 5.74) is 0. The molecule has 0 aromatic carbocycles. The van der Waals surface area contributed by atoms with Crippen molar-refractivity contribution in [3.05, 3.63) is 97.2 Å². The molecule has 14 heteroatoms. The molecule has 0 aromatic heterocycles. The fourth-order valence-corrected chi connectivity index (χ4v) is 8.15. The third-order valence-corrected chi connectivity index (χ3v) is 12.5. The van der Waals surface area contributed by atoms with E-state index in [4.69, 9.17) is 18.9 Å². The molecule has 406 valence electrons. The predicted molar refractivity (Wildman–Crippen MR) is 281 cm³/mol. The standard InChI is InChI=1S/C57H95NO13/c1-3-5-7-9-11-13-15-16-17-18-19-20-21-22-23-24-25-26-27-28-29-30-31-33-35-37-39-41-49(62)58-45(46(61)40-38-36-34-32-14-12-10-8-6-4-2)44-68-56-54(67)52(65)55(48(43-60)70-56)71-57-53(66)51(64)50(63)47(42-59)69-57/h5,7,11,13,16-17,19-20,22-23,25-26,28-29,38,40,45-48,50-57,59-61,63-67H,3-4,6,8-10,12,14-15,18,21,24,27,30-37,39,41-44H2,1-2H3,(H,58,62)/b7-5-,13-11-,17-16-,20-19-,23-22-,26-25-,29-28-,40-38+. The molecule has 2 fully saturated rings. The normalized spacial score (nSPS) is 26.6. The molecule has 71 heavy (non-hydrogen) atoms. The zero-order valence-electron chi connectivity index (χ0n) is 43.2. The first-order valence-electron chi connectivity index (χ1n) is 27.0. The van der Waals surface area contributed by atoms with Gasteiger partial charge in [0.05, 0.1) is 32.0 Å². The fraction of sp³-hybridized carbons (Fsp3) is 0.702. The van der Waals surface area contributed by atoms with E-state index in [9.17, 15) is 45.6 Å². The molecule has 0 aliphatic carbocycles. The van der Waals surface area contributed by atoms with Crippen molar-refractivity contribution in [2.45, 2.75) is 235 Å². The summed E-state index contributed by atoms with van der Waals surface area (Å²) < 4.78 is 22.7. The molecule has 0 saturated carbocycles. The second-order valence-corrected chi connectivity index (χ2v) is 18.6. The molecule has 12 unspecified atom stereocenters. The summed E-state index contributed by atoms with van der Waals surface area (Å²) >= 11 is 0. The minimum absolute atomic E-state index is 0.252. The highest BCUT2D eigenvalue weighted by atomic mass is 16.7. The Morgan fingerprint density at radius 2 is 0.972 bits per heavy atom. The summed E-state index contributed by atoms with van der Waals surface area (Å²) in [6.45, 7) is 2.61. The average Bonchev–Trinajstić information content (AvgIpc) is 3.37. The predicted octanol–water partition coefficient (Wildman–Crippen LogP) is 7.93. The number of hydrogen-bond donors (Lipinski definition) is 9. The van der Waals surface area contributed by atoms with Gasteiger partial charge in [0.2, 0.25) is 5.91 Å². The monoisotopic (exact) mass is 1000 g/mol. The van der Waals surface area contributed by atoms with Crippen molar-refractivity contribution in [1.82, 2.24) is 5.32 Å². The van der Waals surface area contributed by atoms with Crippen LogP contribution in [0.5, 0.6) is 0 Å². The van der Waals surface area contributed by atoms with E-state index in [-0.39, 0.29) is 18.9 Å². The maximum Gasteiger partial charge on any atom is 0.220 e. The molecule has 1 amide bonds. The molecule has 0 spiro atoms. The minimum atomic E-state index is -1.79. The number of nitrogens with one attached hydrogen (secondary N) is 1. The molecular formula is C57H95NO13. The van der Waals surface area contributed by atoms with Crippen molar-refractivity contribution in [1.29, 1.82) is 0 Å². The lowest BCUT2D eigenvalue weighted by Gasteiger charge is -2.46. The van der Waals surface area contributed by atoms with E-state index < -0.39 is 86.8 Å². The largest absolute Gasteiger partial charge is 0.394 e. The summed E-state index contributed by atoms with van der Waals surface area (Å²) in [6.07, 6.45) is 40.2. The van der Waals surface area contributed by atoms with Gasteiger partial charge in [0, 0.05) is 6.42 Å². The van der Waals surface area contributed by atoms with Gasteiger partial charge in [-0.15, -0.1) is 0 Å². The molecule has 14 nitrogen and oxygen atoms in total. The summed E-state index contributed by atoms with van der Waals surface area (Å²) in [7, 11) is 0. The van der Waals surface area contributed by atoms with Crippen LogP contribution < -0.4 is 5.32 Å². The van der Waals surface area contributed by atoms with Gasteiger partial charge >= 0.3 is 0 Å². The van der Waals surface area contributed by atoms with Gasteiger partial charge in [-0.25, -0.2) is 0 Å². The Morgan fingerprint density at radius 1 is 0.521 bits per heavy atom. The minimum Gasteiger partial charge on any atom is -0.394 e. The lowest BCUT2D eigenvalue weighted by molar-refractivity contribution is -0.359. The van der Waals surface area contributed by atoms with Crippen molar-refractivity contribution in [3.63, 3.8) is 0 Å². The van der Waals surface area contributed by atoms with Gasteiger partial charge in [-0.1, -0.05) is 175 Å². The van der Waals surface area contributed by atoms with Gasteiger partial charge < -0.3 is 65.1 Å². The molecule has 2 aliphatic rings. The third kappa shape index (κ3) is 28.8. The number of carbonyl (C=O) groups excluding carboxylic acids is 1. The highest BCUT2D eigenvalue weighted by Crippen LogP contribution is 2.30. The van der Waals surface area contributed by atoms with Crippen LogP contribution in [0.15, 0.2) is 97.2 Å². The quantitative estimate of drug-likeness (QED) is 0.0210. The molecule has 2 rings (SSSR count). The number of hydrogen-bond acceptors (Lipinski definition) is 13. The lowest BCUT2D eigenvalue weighted by atomic mass is 9.97. The number of amides is 1. The number of allylic oxidation sites excluding steroid dienone is 15. The van der Waals surface area contributed by atoms with E-state index in [1.807, 2.05) is 6.08 Å². The Balaban J connectivity index is 1.76. The highest BCUT2D eigenvalue weighted by molar-refractivity contribution is 5.76. The van der Waals surface area contributed by atoms with E-state index in [0.29, 0.717) is 6.42 Å². The third-order valence-electron chi connectivity index (χ3n) is 12.5.